The average Bonchev–Trinajstić information content (AvgIpc) is 2.45. The number of carbonyl (C=O) groups is 2. The Kier molecular flexibility index (Phi) is 6.55. The Morgan fingerprint density at radius 1 is 1.20 bits per heavy atom. The van der Waals surface area contributed by atoms with E-state index in [9.17, 15) is 23.1 Å². The molecule has 1 unspecified atom stereocenters. The lowest BCUT2D eigenvalue weighted by Crippen LogP contribution is -2.47. The number of hydrogen-bond acceptors (Lipinski definition) is 6. The van der Waals surface area contributed by atoms with Crippen LogP contribution in [0.2, 0.25) is 0 Å². The number of carboxylic acids is 1. The van der Waals surface area contributed by atoms with Gasteiger partial charge in [0.25, 0.3) is 10.1 Å². The Hall–Kier alpha value is -2.13. The van der Waals surface area contributed by atoms with Gasteiger partial charge in [-0.1, -0.05) is 17.7 Å². The number of carbonyl (C=O) groups excluding carboxylic acids is 1. The van der Waals surface area contributed by atoms with Crippen LogP contribution in [0.5, 0.6) is 0 Å². The van der Waals surface area contributed by atoms with Crippen LogP contribution in [-0.2, 0) is 23.8 Å². The third-order valence-corrected chi connectivity index (χ3v) is 4.42. The van der Waals surface area contributed by atoms with Crippen molar-refractivity contribution in [1.82, 2.24) is 4.90 Å². The maximum Gasteiger partial charge on any atom is 0.410 e. The molecule has 0 bridgehead atoms. The quantitative estimate of drug-likeness (QED) is 0.760. The first-order valence-corrected chi connectivity index (χ1v) is 8.89. The lowest BCUT2D eigenvalue weighted by molar-refractivity contribution is -0.143. The molecular formula is C16H23NO7S. The number of benzene rings is 1. The molecule has 0 aliphatic carbocycles. The molecule has 0 spiro atoms. The van der Waals surface area contributed by atoms with E-state index in [1.807, 2.05) is 0 Å². The van der Waals surface area contributed by atoms with Crippen LogP contribution in [0.3, 0.4) is 0 Å². The van der Waals surface area contributed by atoms with Gasteiger partial charge in [0.1, 0.15) is 5.60 Å². The van der Waals surface area contributed by atoms with E-state index >= 15 is 0 Å². The molecule has 8 nitrogen and oxygen atoms in total. The SMILES string of the molecule is Cc1ccc(S(=O)(=O)OCC(C(=O)O)N(C)C(=O)OC(C)(C)C)cc1. The highest BCUT2D eigenvalue weighted by Crippen LogP contribution is 2.15. The summed E-state index contributed by atoms with van der Waals surface area (Å²) in [6.45, 7) is 5.96. The standard InChI is InChI=1S/C16H23NO7S/c1-11-6-8-12(9-7-11)25(21,22)23-10-13(14(18)19)17(5)15(20)24-16(2,3)4/h6-9,13H,10H2,1-5H3,(H,18,19). The van der Waals surface area contributed by atoms with E-state index in [-0.39, 0.29) is 4.90 Å². The highest BCUT2D eigenvalue weighted by Gasteiger charge is 2.32. The lowest BCUT2D eigenvalue weighted by Gasteiger charge is -2.28. The van der Waals surface area contributed by atoms with Crippen LogP contribution >= 0.6 is 0 Å². The van der Waals surface area contributed by atoms with Gasteiger partial charge in [0.05, 0.1) is 11.5 Å². The Labute approximate surface area is 147 Å². The Morgan fingerprint density at radius 3 is 2.16 bits per heavy atom. The fraction of sp³-hybridized carbons (Fsp3) is 0.500. The van der Waals surface area contributed by atoms with Gasteiger partial charge >= 0.3 is 12.1 Å². The van der Waals surface area contributed by atoms with Crippen molar-refractivity contribution < 1.29 is 32.0 Å². The van der Waals surface area contributed by atoms with Gasteiger partial charge in [-0.15, -0.1) is 0 Å². The molecule has 0 aromatic heterocycles. The summed E-state index contributed by atoms with van der Waals surface area (Å²) in [4.78, 5) is 24.1. The topological polar surface area (TPSA) is 110 Å². The summed E-state index contributed by atoms with van der Waals surface area (Å²) >= 11 is 0. The first-order chi connectivity index (χ1) is 11.3. The first kappa shape index (κ1) is 20.9. The summed E-state index contributed by atoms with van der Waals surface area (Å²) in [5.41, 5.74) is 0.0514. The van der Waals surface area contributed by atoms with Gasteiger partial charge in [0, 0.05) is 7.05 Å². The molecule has 1 aromatic rings. The molecule has 25 heavy (non-hydrogen) atoms. The van der Waals surface area contributed by atoms with E-state index in [1.165, 1.54) is 19.2 Å². The Balaban J connectivity index is 2.86. The van der Waals surface area contributed by atoms with Crippen molar-refractivity contribution in [3.63, 3.8) is 0 Å². The van der Waals surface area contributed by atoms with Crippen LogP contribution in [0.1, 0.15) is 26.3 Å². The van der Waals surface area contributed by atoms with Crippen molar-refractivity contribution in [2.75, 3.05) is 13.7 Å². The van der Waals surface area contributed by atoms with Crippen LogP contribution in [-0.4, -0.2) is 55.8 Å². The number of nitrogens with zero attached hydrogens (tertiary/aromatic N) is 1. The molecule has 1 atom stereocenters. The number of aryl methyl sites for hydroxylation is 1. The number of amides is 1. The summed E-state index contributed by atoms with van der Waals surface area (Å²) in [6, 6.07) is 4.39. The second kappa shape index (κ2) is 7.83. The van der Waals surface area contributed by atoms with Crippen LogP contribution in [0.15, 0.2) is 29.2 Å². The molecule has 0 fully saturated rings. The molecule has 0 aliphatic rings. The summed E-state index contributed by atoms with van der Waals surface area (Å²) in [5, 5.41) is 9.27. The van der Waals surface area contributed by atoms with E-state index in [0.717, 1.165) is 10.5 Å². The Morgan fingerprint density at radius 2 is 1.72 bits per heavy atom. The predicted octanol–water partition coefficient (Wildman–Crippen LogP) is 2.02. The zero-order valence-corrected chi connectivity index (χ0v) is 15.7. The summed E-state index contributed by atoms with van der Waals surface area (Å²) in [5.74, 6) is -1.41. The second-order valence-corrected chi connectivity index (χ2v) is 8.11. The van der Waals surface area contributed by atoms with Crippen molar-refractivity contribution in [3.8, 4) is 0 Å². The molecule has 0 radical (unpaired) electrons. The molecule has 1 amide bonds. The van der Waals surface area contributed by atoms with Gasteiger partial charge in [-0.3, -0.25) is 9.08 Å². The summed E-state index contributed by atoms with van der Waals surface area (Å²) < 4.78 is 34.2. The smallest absolute Gasteiger partial charge is 0.410 e. The zero-order valence-electron chi connectivity index (χ0n) is 14.8. The van der Waals surface area contributed by atoms with E-state index in [0.29, 0.717) is 0 Å². The minimum absolute atomic E-state index is 0.0952. The minimum atomic E-state index is -4.14. The van der Waals surface area contributed by atoms with Gasteiger partial charge in [-0.25, -0.2) is 9.59 Å². The van der Waals surface area contributed by atoms with Gasteiger partial charge in [0.15, 0.2) is 6.04 Å². The number of rotatable bonds is 6. The van der Waals surface area contributed by atoms with Crippen LogP contribution in [0, 0.1) is 6.92 Å². The highest BCUT2D eigenvalue weighted by molar-refractivity contribution is 7.86. The van der Waals surface area contributed by atoms with Crippen LogP contribution in [0.25, 0.3) is 0 Å². The molecule has 1 rings (SSSR count). The number of hydrogen-bond donors (Lipinski definition) is 1. The van der Waals surface area contributed by atoms with Crippen molar-refractivity contribution in [1.29, 1.82) is 0 Å². The molecule has 1 aromatic carbocycles. The van der Waals surface area contributed by atoms with Crippen LogP contribution < -0.4 is 0 Å². The number of ether oxygens (including phenoxy) is 1. The third-order valence-electron chi connectivity index (χ3n) is 3.12. The number of aliphatic carboxylic acids is 1. The summed E-state index contributed by atoms with van der Waals surface area (Å²) in [7, 11) is -2.94. The van der Waals surface area contributed by atoms with Crippen molar-refractivity contribution in [2.24, 2.45) is 0 Å². The third kappa shape index (κ3) is 6.35. The lowest BCUT2D eigenvalue weighted by atomic mass is 10.2. The second-order valence-electron chi connectivity index (χ2n) is 6.50. The van der Waals surface area contributed by atoms with Gasteiger partial charge in [-0.2, -0.15) is 8.42 Å². The van der Waals surface area contributed by atoms with Crippen molar-refractivity contribution in [2.45, 2.75) is 44.2 Å². The number of carboxylic acid groups (broad SMARTS) is 1. The van der Waals surface area contributed by atoms with Gasteiger partial charge in [-0.05, 0) is 39.8 Å². The van der Waals surface area contributed by atoms with Crippen LogP contribution in [0.4, 0.5) is 4.79 Å². The molecule has 0 saturated carbocycles. The molecule has 0 heterocycles. The largest absolute Gasteiger partial charge is 0.480 e. The maximum atomic E-state index is 12.1. The normalized spacial score (nSPS) is 13.2. The van der Waals surface area contributed by atoms with E-state index in [1.54, 1.807) is 39.8 Å². The molecule has 0 saturated heterocycles. The van der Waals surface area contributed by atoms with E-state index < -0.39 is 40.4 Å². The average molecular weight is 373 g/mol. The molecule has 0 aliphatic heterocycles. The minimum Gasteiger partial charge on any atom is -0.480 e. The van der Waals surface area contributed by atoms with E-state index in [2.05, 4.69) is 0 Å². The van der Waals surface area contributed by atoms with E-state index in [4.69, 9.17) is 8.92 Å². The summed E-state index contributed by atoms with van der Waals surface area (Å²) in [6.07, 6.45) is -0.892. The highest BCUT2D eigenvalue weighted by atomic mass is 32.2. The monoisotopic (exact) mass is 373 g/mol. The molecular weight excluding hydrogens is 350 g/mol. The molecule has 9 heteroatoms. The molecule has 1 N–H and O–H groups in total. The van der Waals surface area contributed by atoms with Crippen molar-refractivity contribution in [3.05, 3.63) is 29.8 Å². The Bertz CT molecular complexity index is 720. The fourth-order valence-corrected chi connectivity index (χ4v) is 2.65. The first-order valence-electron chi connectivity index (χ1n) is 7.48. The predicted molar refractivity (Wildman–Crippen MR) is 89.7 cm³/mol. The van der Waals surface area contributed by atoms with Gasteiger partial charge in [0.2, 0.25) is 0 Å². The fourth-order valence-electron chi connectivity index (χ4n) is 1.74. The molecule has 140 valence electrons. The van der Waals surface area contributed by atoms with Crippen molar-refractivity contribution >= 4 is 22.2 Å². The number of likely N-dealkylation sites (N-methyl/N-ethyl adjacent to an activating group) is 1. The maximum absolute atomic E-state index is 12.1. The zero-order chi connectivity index (χ0) is 19.4. The van der Waals surface area contributed by atoms with Gasteiger partial charge < -0.3 is 9.84 Å².